The zero-order valence-electron chi connectivity index (χ0n) is 18.8. The lowest BCUT2D eigenvalue weighted by Gasteiger charge is -2.34. The van der Waals surface area contributed by atoms with Gasteiger partial charge in [0.05, 0.1) is 19.8 Å². The van der Waals surface area contributed by atoms with Gasteiger partial charge in [0.15, 0.2) is 11.5 Å². The highest BCUT2D eigenvalue weighted by molar-refractivity contribution is 5.98. The van der Waals surface area contributed by atoms with Gasteiger partial charge in [0.2, 0.25) is 0 Å². The number of amides is 1. The minimum atomic E-state index is -0.113. The Kier molecular flexibility index (Phi) is 8.57. The Bertz CT molecular complexity index is 702. The third kappa shape index (κ3) is 5.99. The van der Waals surface area contributed by atoms with E-state index in [1.807, 2.05) is 18.2 Å². The van der Waals surface area contributed by atoms with Crippen LogP contribution in [0.5, 0.6) is 11.5 Å². The second kappa shape index (κ2) is 10.7. The summed E-state index contributed by atoms with van der Waals surface area (Å²) in [5.41, 5.74) is 1.60. The molecular formula is C24H38N2O3. The van der Waals surface area contributed by atoms with Gasteiger partial charge in [-0.1, -0.05) is 26.3 Å². The van der Waals surface area contributed by atoms with Crippen LogP contribution in [0, 0.1) is 5.92 Å². The van der Waals surface area contributed by atoms with Crippen LogP contribution < -0.4 is 14.8 Å². The molecule has 2 rings (SSSR count). The number of methoxy groups -OCH3 is 2. The summed E-state index contributed by atoms with van der Waals surface area (Å²) in [6.07, 6.45) is 7.30. The first-order chi connectivity index (χ1) is 13.8. The Morgan fingerprint density at radius 1 is 1.34 bits per heavy atom. The van der Waals surface area contributed by atoms with E-state index in [2.05, 4.69) is 37.6 Å². The Balaban J connectivity index is 2.17. The van der Waals surface area contributed by atoms with Gasteiger partial charge in [0, 0.05) is 18.6 Å². The molecule has 1 aliphatic heterocycles. The molecule has 0 saturated carbocycles. The molecular weight excluding hydrogens is 364 g/mol. The molecule has 0 aliphatic carbocycles. The van der Waals surface area contributed by atoms with E-state index < -0.39 is 0 Å². The van der Waals surface area contributed by atoms with E-state index in [1.165, 1.54) is 0 Å². The van der Waals surface area contributed by atoms with Gasteiger partial charge in [-0.15, -0.1) is 6.58 Å². The van der Waals surface area contributed by atoms with Crippen molar-refractivity contribution >= 4 is 5.91 Å². The van der Waals surface area contributed by atoms with Crippen LogP contribution in [-0.4, -0.2) is 50.2 Å². The summed E-state index contributed by atoms with van der Waals surface area (Å²) in [5.74, 6) is 1.67. The van der Waals surface area contributed by atoms with E-state index in [0.29, 0.717) is 29.5 Å². The molecule has 0 bridgehead atoms. The molecule has 1 atom stereocenters. The Morgan fingerprint density at radius 2 is 2.10 bits per heavy atom. The van der Waals surface area contributed by atoms with E-state index in [4.69, 9.17) is 9.47 Å². The first kappa shape index (κ1) is 23.3. The van der Waals surface area contributed by atoms with Crippen molar-refractivity contribution in [3.05, 3.63) is 35.9 Å². The van der Waals surface area contributed by atoms with Crippen LogP contribution in [0.2, 0.25) is 0 Å². The maximum atomic E-state index is 13.1. The van der Waals surface area contributed by atoms with Crippen molar-refractivity contribution in [1.29, 1.82) is 0 Å². The number of hydrogen-bond acceptors (Lipinski definition) is 4. The number of benzene rings is 1. The molecule has 5 heteroatoms. The first-order valence-corrected chi connectivity index (χ1v) is 10.7. The predicted octanol–water partition coefficient (Wildman–Crippen LogP) is 4.45. The molecule has 0 unspecified atom stereocenters. The van der Waals surface area contributed by atoms with Crippen LogP contribution in [0.4, 0.5) is 0 Å². The number of hydrogen-bond donors (Lipinski definition) is 1. The van der Waals surface area contributed by atoms with Crippen molar-refractivity contribution in [3.63, 3.8) is 0 Å². The van der Waals surface area contributed by atoms with Gasteiger partial charge in [-0.25, -0.2) is 0 Å². The molecule has 1 aliphatic rings. The van der Waals surface area contributed by atoms with Gasteiger partial charge in [0.1, 0.15) is 0 Å². The molecule has 1 amide bonds. The van der Waals surface area contributed by atoms with Crippen LogP contribution in [0.1, 0.15) is 62.4 Å². The molecule has 29 heavy (non-hydrogen) atoms. The molecule has 1 saturated heterocycles. The number of carbonyl (C=O) groups excluding carboxylic acids is 1. The second-order valence-corrected chi connectivity index (χ2v) is 8.68. The topological polar surface area (TPSA) is 50.8 Å². The minimum Gasteiger partial charge on any atom is -0.493 e. The monoisotopic (exact) mass is 402 g/mol. The fourth-order valence-corrected chi connectivity index (χ4v) is 4.16. The Hall–Kier alpha value is -2.01. The van der Waals surface area contributed by atoms with Crippen molar-refractivity contribution in [2.24, 2.45) is 5.92 Å². The van der Waals surface area contributed by atoms with E-state index in [0.717, 1.165) is 50.8 Å². The zero-order chi connectivity index (χ0) is 21.4. The number of carbonyl (C=O) groups is 1. The largest absolute Gasteiger partial charge is 0.493 e. The van der Waals surface area contributed by atoms with Crippen LogP contribution in [0.25, 0.3) is 0 Å². The van der Waals surface area contributed by atoms with Gasteiger partial charge in [-0.05, 0) is 62.8 Å². The first-order valence-electron chi connectivity index (χ1n) is 10.7. The number of rotatable bonds is 11. The van der Waals surface area contributed by atoms with Gasteiger partial charge < -0.3 is 14.8 Å². The SMILES string of the molecule is C=CCN1CCC[C@@]1(C)CNC(=O)c1cc(CCCC(C)C)cc(OC)c1OC. The normalized spacial score (nSPS) is 19.4. The smallest absolute Gasteiger partial charge is 0.255 e. The van der Waals surface area contributed by atoms with Crippen LogP contribution >= 0.6 is 0 Å². The Morgan fingerprint density at radius 3 is 2.72 bits per heavy atom. The third-order valence-corrected chi connectivity index (χ3v) is 5.92. The molecule has 1 aromatic carbocycles. The van der Waals surface area contributed by atoms with Gasteiger partial charge in [-0.2, -0.15) is 0 Å². The molecule has 5 nitrogen and oxygen atoms in total. The lowest BCUT2D eigenvalue weighted by atomic mass is 9.97. The van der Waals surface area contributed by atoms with E-state index >= 15 is 0 Å². The predicted molar refractivity (Wildman–Crippen MR) is 119 cm³/mol. The average Bonchev–Trinajstić information content (AvgIpc) is 3.06. The number of nitrogens with zero attached hydrogens (tertiary/aromatic N) is 1. The van der Waals surface area contributed by atoms with Crippen LogP contribution in [-0.2, 0) is 6.42 Å². The lowest BCUT2D eigenvalue weighted by Crippen LogP contribution is -2.50. The van der Waals surface area contributed by atoms with Crippen molar-refractivity contribution in [1.82, 2.24) is 10.2 Å². The summed E-state index contributed by atoms with van der Waals surface area (Å²) in [7, 11) is 3.20. The summed E-state index contributed by atoms with van der Waals surface area (Å²) in [6, 6.07) is 3.94. The molecule has 162 valence electrons. The number of likely N-dealkylation sites (tertiary alicyclic amines) is 1. The van der Waals surface area contributed by atoms with E-state index in [-0.39, 0.29) is 11.4 Å². The summed E-state index contributed by atoms with van der Waals surface area (Å²) < 4.78 is 11.1. The second-order valence-electron chi connectivity index (χ2n) is 8.68. The average molecular weight is 403 g/mol. The summed E-state index contributed by atoms with van der Waals surface area (Å²) in [6.45, 7) is 13.0. The number of ether oxygens (including phenoxy) is 2. The highest BCUT2D eigenvalue weighted by atomic mass is 16.5. The van der Waals surface area contributed by atoms with Crippen molar-refractivity contribution in [2.45, 2.75) is 58.4 Å². The summed E-state index contributed by atoms with van der Waals surface area (Å²) in [4.78, 5) is 15.5. The van der Waals surface area contributed by atoms with Gasteiger partial charge in [-0.3, -0.25) is 9.69 Å². The zero-order valence-corrected chi connectivity index (χ0v) is 18.8. The lowest BCUT2D eigenvalue weighted by molar-refractivity contribution is 0.0908. The van der Waals surface area contributed by atoms with Gasteiger partial charge in [0.25, 0.3) is 5.91 Å². The highest BCUT2D eigenvalue weighted by Gasteiger charge is 2.36. The molecule has 1 N–H and O–H groups in total. The van der Waals surface area contributed by atoms with Crippen molar-refractivity contribution in [3.8, 4) is 11.5 Å². The maximum absolute atomic E-state index is 13.1. The van der Waals surface area contributed by atoms with Crippen molar-refractivity contribution < 1.29 is 14.3 Å². The fourth-order valence-electron chi connectivity index (χ4n) is 4.16. The van der Waals surface area contributed by atoms with Crippen molar-refractivity contribution in [2.75, 3.05) is 33.9 Å². The van der Waals surface area contributed by atoms with E-state index in [9.17, 15) is 4.79 Å². The Labute approximate surface area is 176 Å². The highest BCUT2D eigenvalue weighted by Crippen LogP contribution is 2.34. The fraction of sp³-hybridized carbons (Fsp3) is 0.625. The summed E-state index contributed by atoms with van der Waals surface area (Å²) in [5, 5.41) is 3.15. The minimum absolute atomic E-state index is 0.0456. The molecule has 0 aromatic heterocycles. The maximum Gasteiger partial charge on any atom is 0.255 e. The molecule has 1 heterocycles. The molecule has 1 fully saturated rings. The quantitative estimate of drug-likeness (QED) is 0.556. The standard InChI is InChI=1S/C24H38N2O3/c1-7-13-26-14-9-12-24(26,4)17-25-23(27)20-15-19(11-8-10-18(2)3)16-21(28-5)22(20)29-6/h7,15-16,18H,1,8-14,17H2,2-6H3,(H,25,27)/t24-/m0/s1. The molecule has 1 aromatic rings. The number of aryl methyl sites for hydroxylation is 1. The van der Waals surface area contributed by atoms with Crippen LogP contribution in [0.3, 0.4) is 0 Å². The summed E-state index contributed by atoms with van der Waals surface area (Å²) >= 11 is 0. The number of nitrogens with one attached hydrogen (secondary N) is 1. The third-order valence-electron chi connectivity index (χ3n) is 5.92. The van der Waals surface area contributed by atoms with Gasteiger partial charge >= 0.3 is 0 Å². The molecule has 0 radical (unpaired) electrons. The molecule has 0 spiro atoms. The van der Waals surface area contributed by atoms with E-state index in [1.54, 1.807) is 14.2 Å². The van der Waals surface area contributed by atoms with Crippen LogP contribution in [0.15, 0.2) is 24.8 Å².